The van der Waals surface area contributed by atoms with Gasteiger partial charge in [0.25, 0.3) is 11.5 Å². The summed E-state index contributed by atoms with van der Waals surface area (Å²) in [6.45, 7) is 5.69. The maximum absolute atomic E-state index is 12.5. The number of nitrogens with one attached hydrogen (secondary N) is 2. The summed E-state index contributed by atoms with van der Waals surface area (Å²) < 4.78 is 1.41. The zero-order valence-corrected chi connectivity index (χ0v) is 15.3. The van der Waals surface area contributed by atoms with Gasteiger partial charge in [-0.3, -0.25) is 14.6 Å². The summed E-state index contributed by atoms with van der Waals surface area (Å²) >= 11 is 5.85. The van der Waals surface area contributed by atoms with Crippen LogP contribution in [0, 0.1) is 6.92 Å². The Bertz CT molecular complexity index is 1010. The van der Waals surface area contributed by atoms with Crippen LogP contribution in [0.1, 0.15) is 41.5 Å². The number of hydrogen-bond acceptors (Lipinski definition) is 4. The number of aromatic amines is 1. The number of amides is 1. The molecule has 3 aromatic rings. The lowest BCUT2D eigenvalue weighted by atomic mass is 10.1. The average Bonchev–Trinajstić information content (AvgIpc) is 2.95. The third kappa shape index (κ3) is 3.83. The molecule has 0 saturated carbocycles. The highest BCUT2D eigenvalue weighted by Gasteiger charge is 2.15. The second kappa shape index (κ2) is 7.13. The summed E-state index contributed by atoms with van der Waals surface area (Å²) in [5.41, 5.74) is 1.50. The van der Waals surface area contributed by atoms with Gasteiger partial charge in [0.15, 0.2) is 0 Å². The zero-order chi connectivity index (χ0) is 18.8. The van der Waals surface area contributed by atoms with Crippen molar-refractivity contribution in [1.29, 1.82) is 0 Å². The summed E-state index contributed by atoms with van der Waals surface area (Å²) in [4.78, 5) is 31.5. The van der Waals surface area contributed by atoms with Gasteiger partial charge in [-0.1, -0.05) is 25.4 Å². The number of benzene rings is 1. The summed E-state index contributed by atoms with van der Waals surface area (Å²) in [5, 5.41) is 7.67. The van der Waals surface area contributed by atoms with Crippen molar-refractivity contribution >= 4 is 23.3 Å². The van der Waals surface area contributed by atoms with E-state index in [0.717, 1.165) is 0 Å². The highest BCUT2D eigenvalue weighted by molar-refractivity contribution is 6.30. The molecule has 7 nitrogen and oxygen atoms in total. The lowest BCUT2D eigenvalue weighted by Crippen LogP contribution is -2.19. The number of rotatable bonds is 4. The molecule has 0 aliphatic rings. The molecule has 0 saturated heterocycles. The molecule has 8 heteroatoms. The lowest BCUT2D eigenvalue weighted by molar-refractivity contribution is 0.102. The number of hydrogen-bond donors (Lipinski definition) is 2. The molecule has 1 amide bonds. The highest BCUT2D eigenvalue weighted by Crippen LogP contribution is 2.17. The van der Waals surface area contributed by atoms with Gasteiger partial charge >= 0.3 is 0 Å². The fraction of sp³-hybridized carbons (Fsp3) is 0.222. The number of carbonyl (C=O) groups excluding carboxylic acids is 1. The number of aryl methyl sites for hydroxylation is 1. The van der Waals surface area contributed by atoms with E-state index >= 15 is 0 Å². The first kappa shape index (κ1) is 17.9. The maximum atomic E-state index is 12.5. The van der Waals surface area contributed by atoms with Crippen LogP contribution in [0.25, 0.3) is 5.95 Å². The van der Waals surface area contributed by atoms with E-state index in [1.165, 1.54) is 10.7 Å². The Balaban J connectivity index is 1.97. The fourth-order valence-corrected chi connectivity index (χ4v) is 2.52. The van der Waals surface area contributed by atoms with Gasteiger partial charge in [0.1, 0.15) is 5.82 Å². The van der Waals surface area contributed by atoms with Gasteiger partial charge in [0.2, 0.25) is 5.95 Å². The molecule has 0 fully saturated rings. The second-order valence-electron chi connectivity index (χ2n) is 6.19. The van der Waals surface area contributed by atoms with Gasteiger partial charge in [-0.15, -0.1) is 0 Å². The van der Waals surface area contributed by atoms with Gasteiger partial charge in [0.05, 0.1) is 11.4 Å². The second-order valence-corrected chi connectivity index (χ2v) is 6.63. The van der Waals surface area contributed by atoms with E-state index in [-0.39, 0.29) is 23.3 Å². The molecule has 0 spiro atoms. The Morgan fingerprint density at radius 1 is 1.23 bits per heavy atom. The van der Waals surface area contributed by atoms with Gasteiger partial charge in [-0.05, 0) is 37.1 Å². The van der Waals surface area contributed by atoms with Crippen LogP contribution < -0.4 is 10.9 Å². The molecule has 2 aromatic heterocycles. The first-order valence-electron chi connectivity index (χ1n) is 8.08. The third-order valence-electron chi connectivity index (χ3n) is 3.72. The van der Waals surface area contributed by atoms with E-state index < -0.39 is 0 Å². The van der Waals surface area contributed by atoms with E-state index in [4.69, 9.17) is 11.6 Å². The van der Waals surface area contributed by atoms with Crippen LogP contribution in [0.15, 0.2) is 41.2 Å². The van der Waals surface area contributed by atoms with Crippen molar-refractivity contribution in [1.82, 2.24) is 19.7 Å². The summed E-state index contributed by atoms with van der Waals surface area (Å²) in [5.74, 6) is 0.428. The Labute approximate surface area is 155 Å². The third-order valence-corrected chi connectivity index (χ3v) is 3.97. The van der Waals surface area contributed by atoms with Crippen molar-refractivity contribution in [3.05, 3.63) is 68.7 Å². The van der Waals surface area contributed by atoms with Crippen LogP contribution >= 0.6 is 11.6 Å². The van der Waals surface area contributed by atoms with Crippen molar-refractivity contribution in [2.75, 3.05) is 5.32 Å². The number of carbonyl (C=O) groups is 1. The molecule has 0 aliphatic carbocycles. The SMILES string of the molecule is Cc1cc(NC(=O)c2ccc(Cl)cc2)n(-c2nc(C(C)C)cc(=O)[nH]2)n1. The molecule has 26 heavy (non-hydrogen) atoms. The fourth-order valence-electron chi connectivity index (χ4n) is 2.40. The van der Waals surface area contributed by atoms with Crippen LogP contribution in [-0.4, -0.2) is 25.7 Å². The number of anilines is 1. The number of H-pyrrole nitrogens is 1. The van der Waals surface area contributed by atoms with Gasteiger partial charge < -0.3 is 5.32 Å². The highest BCUT2D eigenvalue weighted by atomic mass is 35.5. The van der Waals surface area contributed by atoms with Crippen molar-refractivity contribution in [3.63, 3.8) is 0 Å². The van der Waals surface area contributed by atoms with Gasteiger partial charge in [-0.2, -0.15) is 9.78 Å². The number of halogens is 1. The predicted molar refractivity (Wildman–Crippen MR) is 100 cm³/mol. The molecular formula is C18H18ClN5O2. The first-order valence-corrected chi connectivity index (χ1v) is 8.46. The molecule has 0 unspecified atom stereocenters. The topological polar surface area (TPSA) is 92.7 Å². The molecule has 3 rings (SSSR count). The Hall–Kier alpha value is -2.93. The predicted octanol–water partition coefficient (Wildman–Crippen LogP) is 3.29. The van der Waals surface area contributed by atoms with E-state index in [1.807, 2.05) is 13.8 Å². The smallest absolute Gasteiger partial charge is 0.256 e. The van der Waals surface area contributed by atoms with Crippen LogP contribution in [0.4, 0.5) is 5.82 Å². The number of aromatic nitrogens is 4. The van der Waals surface area contributed by atoms with Crippen molar-refractivity contribution in [3.8, 4) is 5.95 Å². The van der Waals surface area contributed by atoms with Gasteiger partial charge in [-0.25, -0.2) is 4.98 Å². The van der Waals surface area contributed by atoms with E-state index in [2.05, 4.69) is 20.4 Å². The molecule has 1 aromatic carbocycles. The van der Waals surface area contributed by atoms with Crippen molar-refractivity contribution in [2.24, 2.45) is 0 Å². The number of nitrogens with zero attached hydrogens (tertiary/aromatic N) is 3. The molecule has 0 atom stereocenters. The lowest BCUT2D eigenvalue weighted by Gasteiger charge is -2.10. The molecule has 2 N–H and O–H groups in total. The summed E-state index contributed by atoms with van der Waals surface area (Å²) in [6.07, 6.45) is 0. The summed E-state index contributed by atoms with van der Waals surface area (Å²) in [6, 6.07) is 9.70. The van der Waals surface area contributed by atoms with E-state index in [9.17, 15) is 9.59 Å². The van der Waals surface area contributed by atoms with Crippen LogP contribution in [0.5, 0.6) is 0 Å². The van der Waals surface area contributed by atoms with Crippen LogP contribution in [0.2, 0.25) is 5.02 Å². The summed E-state index contributed by atoms with van der Waals surface area (Å²) in [7, 11) is 0. The quantitative estimate of drug-likeness (QED) is 0.736. The standard InChI is InChI=1S/C18H18ClN5O2/c1-10(2)14-9-16(25)22-18(20-14)24-15(8-11(3)23-24)21-17(26)12-4-6-13(19)7-5-12/h4-10H,1-3H3,(H,21,26)(H,20,22,25). The van der Waals surface area contributed by atoms with Gasteiger partial charge in [0, 0.05) is 22.7 Å². The van der Waals surface area contributed by atoms with Crippen LogP contribution in [-0.2, 0) is 0 Å². The molecule has 134 valence electrons. The Morgan fingerprint density at radius 2 is 1.92 bits per heavy atom. The largest absolute Gasteiger partial charge is 0.306 e. The molecule has 0 radical (unpaired) electrons. The normalized spacial score (nSPS) is 11.0. The molecular weight excluding hydrogens is 354 g/mol. The monoisotopic (exact) mass is 371 g/mol. The molecule has 2 heterocycles. The average molecular weight is 372 g/mol. The minimum atomic E-state index is -0.315. The minimum Gasteiger partial charge on any atom is -0.306 e. The zero-order valence-electron chi connectivity index (χ0n) is 14.6. The minimum absolute atomic E-state index is 0.0832. The Kier molecular flexibility index (Phi) is 4.90. The van der Waals surface area contributed by atoms with E-state index in [1.54, 1.807) is 37.3 Å². The van der Waals surface area contributed by atoms with Crippen LogP contribution in [0.3, 0.4) is 0 Å². The molecule has 0 aliphatic heterocycles. The van der Waals surface area contributed by atoms with E-state index in [0.29, 0.717) is 27.8 Å². The van der Waals surface area contributed by atoms with Crippen molar-refractivity contribution in [2.45, 2.75) is 26.7 Å². The molecule has 0 bridgehead atoms. The first-order chi connectivity index (χ1) is 12.3. The Morgan fingerprint density at radius 3 is 2.58 bits per heavy atom. The van der Waals surface area contributed by atoms with Crippen molar-refractivity contribution < 1.29 is 4.79 Å². The maximum Gasteiger partial charge on any atom is 0.256 e.